The summed E-state index contributed by atoms with van der Waals surface area (Å²) in [6.45, 7) is 6.06. The third-order valence-electron chi connectivity index (χ3n) is 3.05. The Balaban J connectivity index is 2.38. The summed E-state index contributed by atoms with van der Waals surface area (Å²) in [7, 11) is 0. The van der Waals surface area contributed by atoms with E-state index in [1.165, 1.54) is 12.1 Å². The monoisotopic (exact) mass is 247 g/mol. The standard InChI is InChI=1S/C14H18FN3/c1-8(2)12(16)14-17-9(3)13(18-14)10-4-6-11(15)7-5-10/h4-8,12H,16H2,1-3H3,(H,17,18). The Kier molecular flexibility index (Phi) is 3.48. The van der Waals surface area contributed by atoms with E-state index in [1.54, 1.807) is 12.1 Å². The molecule has 0 radical (unpaired) electrons. The quantitative estimate of drug-likeness (QED) is 0.875. The van der Waals surface area contributed by atoms with Crippen LogP contribution in [0.5, 0.6) is 0 Å². The topological polar surface area (TPSA) is 54.7 Å². The normalized spacial score (nSPS) is 13.0. The van der Waals surface area contributed by atoms with Crippen LogP contribution in [0, 0.1) is 18.7 Å². The summed E-state index contributed by atoms with van der Waals surface area (Å²) < 4.78 is 12.9. The van der Waals surface area contributed by atoms with Crippen LogP contribution in [0.3, 0.4) is 0 Å². The largest absolute Gasteiger partial charge is 0.344 e. The highest BCUT2D eigenvalue weighted by Crippen LogP contribution is 2.25. The molecule has 1 aromatic carbocycles. The van der Waals surface area contributed by atoms with Gasteiger partial charge in [-0.3, -0.25) is 0 Å². The Morgan fingerprint density at radius 3 is 2.39 bits per heavy atom. The first-order valence-electron chi connectivity index (χ1n) is 6.07. The van der Waals surface area contributed by atoms with Gasteiger partial charge in [0.25, 0.3) is 0 Å². The third-order valence-corrected chi connectivity index (χ3v) is 3.05. The van der Waals surface area contributed by atoms with E-state index in [-0.39, 0.29) is 11.9 Å². The van der Waals surface area contributed by atoms with Gasteiger partial charge < -0.3 is 10.7 Å². The molecule has 4 heteroatoms. The Morgan fingerprint density at radius 2 is 1.83 bits per heavy atom. The molecule has 0 aliphatic carbocycles. The molecule has 0 bridgehead atoms. The molecule has 2 rings (SSSR count). The van der Waals surface area contributed by atoms with Gasteiger partial charge in [-0.1, -0.05) is 13.8 Å². The number of aryl methyl sites for hydroxylation is 1. The number of aromatic amines is 1. The predicted molar refractivity (Wildman–Crippen MR) is 70.5 cm³/mol. The molecule has 1 aromatic heterocycles. The van der Waals surface area contributed by atoms with E-state index in [1.807, 2.05) is 6.92 Å². The number of halogens is 1. The fourth-order valence-electron chi connectivity index (χ4n) is 1.85. The van der Waals surface area contributed by atoms with Crippen LogP contribution in [0.4, 0.5) is 4.39 Å². The molecule has 1 heterocycles. The molecular weight excluding hydrogens is 229 g/mol. The summed E-state index contributed by atoms with van der Waals surface area (Å²) in [6, 6.07) is 6.21. The Hall–Kier alpha value is -1.68. The van der Waals surface area contributed by atoms with E-state index in [4.69, 9.17) is 5.73 Å². The fourth-order valence-corrected chi connectivity index (χ4v) is 1.85. The Bertz CT molecular complexity index is 528. The van der Waals surface area contributed by atoms with Gasteiger partial charge in [-0.2, -0.15) is 0 Å². The van der Waals surface area contributed by atoms with E-state index < -0.39 is 0 Å². The lowest BCUT2D eigenvalue weighted by Crippen LogP contribution is -2.18. The lowest BCUT2D eigenvalue weighted by molar-refractivity contribution is 0.494. The molecule has 0 aliphatic heterocycles. The van der Waals surface area contributed by atoms with Crippen LogP contribution in [0.15, 0.2) is 24.3 Å². The average molecular weight is 247 g/mol. The van der Waals surface area contributed by atoms with Gasteiger partial charge in [0.2, 0.25) is 0 Å². The van der Waals surface area contributed by atoms with Crippen molar-refractivity contribution in [2.24, 2.45) is 11.7 Å². The van der Waals surface area contributed by atoms with Gasteiger partial charge in [-0.05, 0) is 37.1 Å². The molecule has 3 N–H and O–H groups in total. The minimum absolute atomic E-state index is 0.113. The number of hydrogen-bond acceptors (Lipinski definition) is 2. The number of nitrogens with one attached hydrogen (secondary N) is 1. The van der Waals surface area contributed by atoms with Gasteiger partial charge in [-0.15, -0.1) is 0 Å². The van der Waals surface area contributed by atoms with Crippen LogP contribution in [-0.4, -0.2) is 9.97 Å². The van der Waals surface area contributed by atoms with Gasteiger partial charge in [-0.25, -0.2) is 9.37 Å². The fraction of sp³-hybridized carbons (Fsp3) is 0.357. The van der Waals surface area contributed by atoms with Crippen LogP contribution < -0.4 is 5.73 Å². The SMILES string of the molecule is Cc1[nH]c(C(N)C(C)C)nc1-c1ccc(F)cc1. The van der Waals surface area contributed by atoms with Crippen molar-refractivity contribution in [2.45, 2.75) is 26.8 Å². The van der Waals surface area contributed by atoms with Crippen molar-refractivity contribution in [1.82, 2.24) is 9.97 Å². The molecule has 3 nitrogen and oxygen atoms in total. The second-order valence-corrected chi connectivity index (χ2v) is 4.87. The maximum atomic E-state index is 12.9. The Labute approximate surface area is 106 Å². The van der Waals surface area contributed by atoms with E-state index in [9.17, 15) is 4.39 Å². The molecule has 2 aromatic rings. The zero-order valence-electron chi connectivity index (χ0n) is 10.9. The van der Waals surface area contributed by atoms with E-state index in [2.05, 4.69) is 23.8 Å². The van der Waals surface area contributed by atoms with E-state index in [0.717, 1.165) is 22.8 Å². The number of aromatic nitrogens is 2. The minimum atomic E-state index is -0.244. The first-order valence-corrected chi connectivity index (χ1v) is 6.07. The second-order valence-electron chi connectivity index (χ2n) is 4.87. The lowest BCUT2D eigenvalue weighted by Gasteiger charge is -2.11. The summed E-state index contributed by atoms with van der Waals surface area (Å²) in [5.41, 5.74) is 8.75. The van der Waals surface area contributed by atoms with Crippen LogP contribution >= 0.6 is 0 Å². The summed E-state index contributed by atoms with van der Waals surface area (Å²) >= 11 is 0. The van der Waals surface area contributed by atoms with Crippen molar-refractivity contribution in [3.63, 3.8) is 0 Å². The molecule has 0 aliphatic rings. The van der Waals surface area contributed by atoms with Crippen molar-refractivity contribution in [1.29, 1.82) is 0 Å². The van der Waals surface area contributed by atoms with Crippen molar-refractivity contribution in [3.05, 3.63) is 41.6 Å². The second kappa shape index (κ2) is 4.90. The number of nitrogens with two attached hydrogens (primary N) is 1. The van der Waals surface area contributed by atoms with Crippen LogP contribution in [0.2, 0.25) is 0 Å². The maximum Gasteiger partial charge on any atom is 0.124 e. The van der Waals surface area contributed by atoms with Crippen LogP contribution in [0.25, 0.3) is 11.3 Å². The first kappa shape index (κ1) is 12.8. The summed E-state index contributed by atoms with van der Waals surface area (Å²) in [5, 5.41) is 0. The number of hydrogen-bond donors (Lipinski definition) is 2. The van der Waals surface area contributed by atoms with Crippen molar-refractivity contribution in [2.75, 3.05) is 0 Å². The molecule has 1 unspecified atom stereocenters. The smallest absolute Gasteiger partial charge is 0.124 e. The molecule has 0 saturated heterocycles. The number of benzene rings is 1. The van der Waals surface area contributed by atoms with Gasteiger partial charge in [0.15, 0.2) is 0 Å². The van der Waals surface area contributed by atoms with Gasteiger partial charge >= 0.3 is 0 Å². The molecule has 96 valence electrons. The van der Waals surface area contributed by atoms with E-state index in [0.29, 0.717) is 5.92 Å². The number of rotatable bonds is 3. The van der Waals surface area contributed by atoms with Gasteiger partial charge in [0.05, 0.1) is 11.7 Å². The zero-order chi connectivity index (χ0) is 13.3. The molecule has 0 spiro atoms. The molecule has 0 saturated carbocycles. The molecule has 1 atom stereocenters. The van der Waals surface area contributed by atoms with Crippen molar-refractivity contribution >= 4 is 0 Å². The maximum absolute atomic E-state index is 12.9. The van der Waals surface area contributed by atoms with Gasteiger partial charge in [0, 0.05) is 11.3 Å². The molecule has 0 amide bonds. The number of nitrogens with zero attached hydrogens (tertiary/aromatic N) is 1. The summed E-state index contributed by atoms with van der Waals surface area (Å²) in [6.07, 6.45) is 0. The zero-order valence-corrected chi connectivity index (χ0v) is 10.9. The molecule has 0 fully saturated rings. The summed E-state index contributed by atoms with van der Waals surface area (Å²) in [4.78, 5) is 7.74. The van der Waals surface area contributed by atoms with Crippen molar-refractivity contribution < 1.29 is 4.39 Å². The highest BCUT2D eigenvalue weighted by atomic mass is 19.1. The Morgan fingerprint density at radius 1 is 1.22 bits per heavy atom. The average Bonchev–Trinajstić information content (AvgIpc) is 2.71. The van der Waals surface area contributed by atoms with Crippen molar-refractivity contribution in [3.8, 4) is 11.3 Å². The highest BCUT2D eigenvalue weighted by molar-refractivity contribution is 5.61. The number of imidazole rings is 1. The van der Waals surface area contributed by atoms with Crippen LogP contribution in [0.1, 0.15) is 31.4 Å². The lowest BCUT2D eigenvalue weighted by atomic mass is 10.1. The molecular formula is C14H18FN3. The summed E-state index contributed by atoms with van der Waals surface area (Å²) in [5.74, 6) is 0.851. The highest BCUT2D eigenvalue weighted by Gasteiger charge is 2.17. The first-order chi connectivity index (χ1) is 8.49. The molecule has 18 heavy (non-hydrogen) atoms. The minimum Gasteiger partial charge on any atom is -0.344 e. The predicted octanol–water partition coefficient (Wildman–Crippen LogP) is 3.18. The van der Waals surface area contributed by atoms with Crippen LogP contribution in [-0.2, 0) is 0 Å². The van der Waals surface area contributed by atoms with E-state index >= 15 is 0 Å². The van der Waals surface area contributed by atoms with Gasteiger partial charge in [0.1, 0.15) is 11.6 Å². The third kappa shape index (κ3) is 2.43. The number of H-pyrrole nitrogens is 1.